The second-order valence-corrected chi connectivity index (χ2v) is 9.76. The van der Waals surface area contributed by atoms with Gasteiger partial charge >= 0.3 is 0 Å². The topological polar surface area (TPSA) is 75.2 Å². The van der Waals surface area contributed by atoms with Crippen molar-refractivity contribution in [2.75, 3.05) is 22.5 Å². The molecule has 1 aromatic heterocycles. The summed E-state index contributed by atoms with van der Waals surface area (Å²) >= 11 is 3.00. The summed E-state index contributed by atoms with van der Waals surface area (Å²) in [6, 6.07) is 16.1. The maximum absolute atomic E-state index is 12.6. The van der Waals surface area contributed by atoms with Gasteiger partial charge in [0.05, 0.1) is 0 Å². The van der Waals surface area contributed by atoms with Crippen LogP contribution in [0.15, 0.2) is 53.4 Å². The molecule has 0 bridgehead atoms. The lowest BCUT2D eigenvalue weighted by Crippen LogP contribution is -2.24. The molecule has 0 spiro atoms. The molecular weight excluding hydrogens is 428 g/mol. The van der Waals surface area contributed by atoms with Gasteiger partial charge in [0.15, 0.2) is 0 Å². The average molecular weight is 453 g/mol. The lowest BCUT2D eigenvalue weighted by molar-refractivity contribution is -0.117. The van der Waals surface area contributed by atoms with Gasteiger partial charge in [-0.25, -0.2) is 0 Å². The SMILES string of the molecule is Cc1ccc(N2C[C@H](c3nnc(NC(=O)CCSc4ccccc4)s3)CC2=O)cc1C. The molecule has 160 valence electrons. The molecule has 1 aliphatic heterocycles. The van der Waals surface area contributed by atoms with Gasteiger partial charge in [-0.3, -0.25) is 9.59 Å². The summed E-state index contributed by atoms with van der Waals surface area (Å²) in [7, 11) is 0. The fraction of sp³-hybridized carbons (Fsp3) is 0.304. The third-order valence-electron chi connectivity index (χ3n) is 5.30. The summed E-state index contributed by atoms with van der Waals surface area (Å²) in [4.78, 5) is 27.8. The van der Waals surface area contributed by atoms with E-state index in [1.807, 2.05) is 47.4 Å². The van der Waals surface area contributed by atoms with E-state index in [0.717, 1.165) is 15.6 Å². The van der Waals surface area contributed by atoms with E-state index in [1.165, 1.54) is 22.5 Å². The highest BCUT2D eigenvalue weighted by Gasteiger charge is 2.34. The number of rotatable bonds is 7. The highest BCUT2D eigenvalue weighted by Crippen LogP contribution is 2.34. The van der Waals surface area contributed by atoms with Crippen LogP contribution in [0.1, 0.15) is 34.9 Å². The van der Waals surface area contributed by atoms with E-state index >= 15 is 0 Å². The molecule has 1 N–H and O–H groups in total. The molecule has 0 saturated carbocycles. The number of nitrogens with zero attached hydrogens (tertiary/aromatic N) is 3. The average Bonchev–Trinajstić information content (AvgIpc) is 3.37. The van der Waals surface area contributed by atoms with Gasteiger partial charge in [-0.2, -0.15) is 0 Å². The van der Waals surface area contributed by atoms with Crippen LogP contribution < -0.4 is 10.2 Å². The van der Waals surface area contributed by atoms with Crippen molar-refractivity contribution in [1.29, 1.82) is 0 Å². The predicted octanol–water partition coefficient (Wildman–Crippen LogP) is 4.80. The molecule has 2 amide bonds. The number of carbonyl (C=O) groups excluding carboxylic acids is 2. The number of nitrogens with one attached hydrogen (secondary N) is 1. The number of carbonyl (C=O) groups is 2. The smallest absolute Gasteiger partial charge is 0.227 e. The van der Waals surface area contributed by atoms with Gasteiger partial charge in [0.25, 0.3) is 0 Å². The van der Waals surface area contributed by atoms with Gasteiger partial charge < -0.3 is 10.2 Å². The molecule has 1 atom stereocenters. The Hall–Kier alpha value is -2.71. The summed E-state index contributed by atoms with van der Waals surface area (Å²) in [5.74, 6) is 0.701. The van der Waals surface area contributed by atoms with Gasteiger partial charge in [0.1, 0.15) is 5.01 Å². The van der Waals surface area contributed by atoms with Crippen LogP contribution in [0.5, 0.6) is 0 Å². The molecule has 0 aliphatic carbocycles. The number of thioether (sulfide) groups is 1. The van der Waals surface area contributed by atoms with Crippen molar-refractivity contribution in [2.45, 2.75) is 37.5 Å². The van der Waals surface area contributed by atoms with Crippen molar-refractivity contribution in [1.82, 2.24) is 10.2 Å². The first kappa shape index (κ1) is 21.5. The summed E-state index contributed by atoms with van der Waals surface area (Å²) in [5.41, 5.74) is 3.29. The Morgan fingerprint density at radius 3 is 2.74 bits per heavy atom. The first-order valence-electron chi connectivity index (χ1n) is 10.2. The van der Waals surface area contributed by atoms with Crippen LogP contribution in [-0.4, -0.2) is 34.3 Å². The number of aryl methyl sites for hydroxylation is 2. The molecule has 2 heterocycles. The van der Waals surface area contributed by atoms with Gasteiger partial charge in [0.2, 0.25) is 16.9 Å². The highest BCUT2D eigenvalue weighted by molar-refractivity contribution is 7.99. The minimum atomic E-state index is -0.0783. The Bertz CT molecular complexity index is 1080. The van der Waals surface area contributed by atoms with Crippen molar-refractivity contribution < 1.29 is 9.59 Å². The van der Waals surface area contributed by atoms with Crippen molar-refractivity contribution in [3.8, 4) is 0 Å². The lowest BCUT2D eigenvalue weighted by atomic mass is 10.1. The van der Waals surface area contributed by atoms with Crippen LogP contribution in [0.3, 0.4) is 0 Å². The largest absolute Gasteiger partial charge is 0.312 e. The monoisotopic (exact) mass is 452 g/mol. The zero-order chi connectivity index (χ0) is 21.8. The fourth-order valence-corrected chi connectivity index (χ4v) is 5.15. The molecule has 1 fully saturated rings. The second kappa shape index (κ2) is 9.62. The molecule has 4 rings (SSSR count). The van der Waals surface area contributed by atoms with Crippen molar-refractivity contribution in [2.24, 2.45) is 0 Å². The third-order valence-corrected chi connectivity index (χ3v) is 7.32. The highest BCUT2D eigenvalue weighted by atomic mass is 32.2. The van der Waals surface area contributed by atoms with E-state index in [9.17, 15) is 9.59 Å². The Kier molecular flexibility index (Phi) is 6.67. The Balaban J connectivity index is 1.31. The summed E-state index contributed by atoms with van der Waals surface area (Å²) in [6.07, 6.45) is 0.806. The lowest BCUT2D eigenvalue weighted by Gasteiger charge is -2.17. The number of aromatic nitrogens is 2. The first-order valence-corrected chi connectivity index (χ1v) is 12.0. The molecule has 0 radical (unpaired) electrons. The standard InChI is InChI=1S/C23H24N4O2S2/c1-15-8-9-18(12-16(15)2)27-14-17(13-21(27)29)22-25-26-23(31-22)24-20(28)10-11-30-19-6-4-3-5-7-19/h3-9,12,17H,10-11,13-14H2,1-2H3,(H,24,26,28)/t17-/m1/s1. The van der Waals surface area contributed by atoms with Crippen LogP contribution in [0.2, 0.25) is 0 Å². The molecule has 31 heavy (non-hydrogen) atoms. The maximum atomic E-state index is 12.6. The van der Waals surface area contributed by atoms with Crippen LogP contribution >= 0.6 is 23.1 Å². The quantitative estimate of drug-likeness (QED) is 0.522. The van der Waals surface area contributed by atoms with Gasteiger partial charge in [-0.15, -0.1) is 22.0 Å². The normalized spacial score (nSPS) is 16.0. The molecule has 1 saturated heterocycles. The Labute approximate surface area is 190 Å². The zero-order valence-electron chi connectivity index (χ0n) is 17.5. The van der Waals surface area contributed by atoms with E-state index in [1.54, 1.807) is 11.8 Å². The van der Waals surface area contributed by atoms with E-state index in [4.69, 9.17) is 0 Å². The molecule has 2 aromatic carbocycles. The first-order chi connectivity index (χ1) is 15.0. The number of benzene rings is 2. The number of hydrogen-bond donors (Lipinski definition) is 1. The summed E-state index contributed by atoms with van der Waals surface area (Å²) in [6.45, 7) is 4.69. The number of anilines is 2. The third kappa shape index (κ3) is 5.32. The van der Waals surface area contributed by atoms with E-state index < -0.39 is 0 Å². The van der Waals surface area contributed by atoms with Gasteiger partial charge in [-0.1, -0.05) is 35.6 Å². The van der Waals surface area contributed by atoms with Crippen LogP contribution in [-0.2, 0) is 9.59 Å². The minimum absolute atomic E-state index is 0.00843. The van der Waals surface area contributed by atoms with Crippen LogP contribution in [0, 0.1) is 13.8 Å². The molecule has 3 aromatic rings. The molecule has 1 aliphatic rings. The molecule has 8 heteroatoms. The molecule has 0 unspecified atom stereocenters. The summed E-state index contributed by atoms with van der Waals surface area (Å²) < 4.78 is 0. The van der Waals surface area contributed by atoms with E-state index in [0.29, 0.717) is 30.3 Å². The Morgan fingerprint density at radius 2 is 1.97 bits per heavy atom. The van der Waals surface area contributed by atoms with Gasteiger partial charge in [-0.05, 0) is 49.2 Å². The molecule has 6 nitrogen and oxygen atoms in total. The Morgan fingerprint density at radius 1 is 1.16 bits per heavy atom. The zero-order valence-corrected chi connectivity index (χ0v) is 19.1. The molecular formula is C23H24N4O2S2. The van der Waals surface area contributed by atoms with E-state index in [-0.39, 0.29) is 17.7 Å². The number of hydrogen-bond acceptors (Lipinski definition) is 6. The number of amides is 2. The van der Waals surface area contributed by atoms with Crippen molar-refractivity contribution in [3.05, 3.63) is 64.7 Å². The summed E-state index contributed by atoms with van der Waals surface area (Å²) in [5, 5.41) is 12.5. The second-order valence-electron chi connectivity index (χ2n) is 7.58. The maximum Gasteiger partial charge on any atom is 0.227 e. The van der Waals surface area contributed by atoms with Crippen LogP contribution in [0.4, 0.5) is 10.8 Å². The van der Waals surface area contributed by atoms with Crippen molar-refractivity contribution in [3.63, 3.8) is 0 Å². The minimum Gasteiger partial charge on any atom is -0.312 e. The van der Waals surface area contributed by atoms with Crippen LogP contribution in [0.25, 0.3) is 0 Å². The van der Waals surface area contributed by atoms with Gasteiger partial charge in [0, 0.05) is 41.6 Å². The fourth-order valence-electron chi connectivity index (χ4n) is 3.43. The van der Waals surface area contributed by atoms with Crippen molar-refractivity contribution >= 4 is 45.7 Å². The van der Waals surface area contributed by atoms with E-state index in [2.05, 4.69) is 35.4 Å². The predicted molar refractivity (Wildman–Crippen MR) is 126 cm³/mol.